The maximum absolute atomic E-state index is 13.3. The molecular weight excluding hydrogens is 406 g/mol. The smallest absolute Gasteiger partial charge is 0.225 e. The van der Waals surface area contributed by atoms with E-state index in [-0.39, 0.29) is 23.1 Å². The van der Waals surface area contributed by atoms with E-state index in [0.717, 1.165) is 11.3 Å². The van der Waals surface area contributed by atoms with E-state index in [1.54, 1.807) is 25.3 Å². The molecule has 2 atom stereocenters. The number of methoxy groups -OCH3 is 2. The summed E-state index contributed by atoms with van der Waals surface area (Å²) in [5.41, 5.74) is 1.53. The van der Waals surface area contributed by atoms with Gasteiger partial charge in [0.2, 0.25) is 11.8 Å². The minimum absolute atomic E-state index is 0.0596. The van der Waals surface area contributed by atoms with Gasteiger partial charge in [-0.2, -0.15) is 0 Å². The molecule has 7 nitrogen and oxygen atoms in total. The van der Waals surface area contributed by atoms with Crippen LogP contribution in [0, 0.1) is 11.3 Å². The third kappa shape index (κ3) is 5.58. The second-order valence-corrected chi connectivity index (χ2v) is 9.37. The number of ether oxygens (including phenoxy) is 2. The van der Waals surface area contributed by atoms with Crippen LogP contribution in [-0.4, -0.2) is 49.0 Å². The third-order valence-corrected chi connectivity index (χ3v) is 5.69. The maximum atomic E-state index is 13.3. The van der Waals surface area contributed by atoms with Crippen LogP contribution in [0.1, 0.15) is 44.4 Å². The van der Waals surface area contributed by atoms with Gasteiger partial charge in [0, 0.05) is 37.2 Å². The van der Waals surface area contributed by atoms with E-state index < -0.39 is 5.92 Å². The van der Waals surface area contributed by atoms with E-state index in [0.29, 0.717) is 37.6 Å². The van der Waals surface area contributed by atoms with Gasteiger partial charge in [0.25, 0.3) is 0 Å². The van der Waals surface area contributed by atoms with Gasteiger partial charge in [0.1, 0.15) is 0 Å². The number of likely N-dealkylation sites (tertiary alicyclic amines) is 1. The van der Waals surface area contributed by atoms with Gasteiger partial charge in [0.15, 0.2) is 11.5 Å². The number of aromatic nitrogens is 1. The molecule has 1 N–H and O–H groups in total. The summed E-state index contributed by atoms with van der Waals surface area (Å²) in [6.45, 7) is 7.30. The molecule has 0 radical (unpaired) electrons. The quantitative estimate of drug-likeness (QED) is 0.715. The number of amides is 2. The van der Waals surface area contributed by atoms with E-state index in [1.807, 2.05) is 57.2 Å². The first-order valence-electron chi connectivity index (χ1n) is 10.9. The van der Waals surface area contributed by atoms with Gasteiger partial charge in [-0.15, -0.1) is 0 Å². The number of rotatable bonds is 7. The van der Waals surface area contributed by atoms with Crippen LogP contribution >= 0.6 is 0 Å². The van der Waals surface area contributed by atoms with Crippen LogP contribution < -0.4 is 14.8 Å². The van der Waals surface area contributed by atoms with Gasteiger partial charge in [-0.25, -0.2) is 0 Å². The molecule has 32 heavy (non-hydrogen) atoms. The van der Waals surface area contributed by atoms with Crippen molar-refractivity contribution in [1.82, 2.24) is 15.2 Å². The lowest BCUT2D eigenvalue weighted by molar-refractivity contribution is -0.132. The van der Waals surface area contributed by atoms with Crippen molar-refractivity contribution >= 4 is 11.8 Å². The molecule has 1 aliphatic heterocycles. The molecule has 1 aliphatic rings. The molecule has 0 saturated carbocycles. The second kappa shape index (κ2) is 10.0. The number of para-hydroxylation sites is 1. The first kappa shape index (κ1) is 23.6. The van der Waals surface area contributed by atoms with Crippen LogP contribution in [0.4, 0.5) is 0 Å². The lowest BCUT2D eigenvalue weighted by Crippen LogP contribution is -2.36. The molecule has 1 aromatic heterocycles. The first-order chi connectivity index (χ1) is 15.2. The van der Waals surface area contributed by atoms with Crippen molar-refractivity contribution in [3.63, 3.8) is 0 Å². The summed E-state index contributed by atoms with van der Waals surface area (Å²) in [6, 6.07) is 11.3. The van der Waals surface area contributed by atoms with Crippen molar-refractivity contribution in [2.75, 3.05) is 27.3 Å². The van der Waals surface area contributed by atoms with E-state index in [4.69, 9.17) is 9.47 Å². The average molecular weight is 440 g/mol. The number of nitrogens with zero attached hydrogens (tertiary/aromatic N) is 2. The van der Waals surface area contributed by atoms with Crippen LogP contribution in [0.15, 0.2) is 42.6 Å². The molecule has 2 heterocycles. The van der Waals surface area contributed by atoms with Crippen molar-refractivity contribution in [2.24, 2.45) is 11.3 Å². The highest BCUT2D eigenvalue weighted by molar-refractivity contribution is 5.83. The highest BCUT2D eigenvalue weighted by Crippen LogP contribution is 2.42. The van der Waals surface area contributed by atoms with Crippen molar-refractivity contribution in [1.29, 1.82) is 0 Å². The zero-order valence-electron chi connectivity index (χ0n) is 19.6. The molecule has 7 heteroatoms. The predicted octanol–water partition coefficient (Wildman–Crippen LogP) is 3.39. The Kier molecular flexibility index (Phi) is 7.38. The molecule has 1 fully saturated rings. The number of hydrogen-bond acceptors (Lipinski definition) is 5. The molecule has 3 rings (SSSR count). The normalized spacial score (nSPS) is 18.3. The standard InChI is InChI=1S/C25H33N3O4/c1-25(2,3)13-22(29)28-15-19(18-10-8-11-21(31-4)23(18)32-5)20(16-28)24(30)27-14-17-9-6-7-12-26-17/h6-12,19-20H,13-16H2,1-5H3,(H,27,30)/t19-,20+/m0/s1. The van der Waals surface area contributed by atoms with Crippen molar-refractivity contribution in [3.05, 3.63) is 53.9 Å². The average Bonchev–Trinajstić information content (AvgIpc) is 3.22. The van der Waals surface area contributed by atoms with Gasteiger partial charge in [0.05, 0.1) is 32.4 Å². The highest BCUT2D eigenvalue weighted by Gasteiger charge is 2.42. The minimum Gasteiger partial charge on any atom is -0.493 e. The van der Waals surface area contributed by atoms with Gasteiger partial charge in [-0.3, -0.25) is 14.6 Å². The third-order valence-electron chi connectivity index (χ3n) is 5.69. The summed E-state index contributed by atoms with van der Waals surface area (Å²) >= 11 is 0. The Balaban J connectivity index is 1.87. The van der Waals surface area contributed by atoms with Gasteiger partial charge in [-0.05, 0) is 23.6 Å². The zero-order chi connectivity index (χ0) is 23.3. The number of carbonyl (C=O) groups excluding carboxylic acids is 2. The summed E-state index contributed by atoms with van der Waals surface area (Å²) in [5.74, 6) is 0.571. The van der Waals surface area contributed by atoms with Crippen molar-refractivity contribution in [3.8, 4) is 11.5 Å². The molecule has 172 valence electrons. The van der Waals surface area contributed by atoms with Crippen LogP contribution in [0.2, 0.25) is 0 Å². The molecule has 1 aromatic carbocycles. The fourth-order valence-corrected chi connectivity index (χ4v) is 4.17. The second-order valence-electron chi connectivity index (χ2n) is 9.37. The molecule has 0 spiro atoms. The molecule has 0 bridgehead atoms. The Morgan fingerprint density at radius 2 is 1.88 bits per heavy atom. The summed E-state index contributed by atoms with van der Waals surface area (Å²) in [7, 11) is 3.18. The predicted molar refractivity (Wildman–Crippen MR) is 123 cm³/mol. The summed E-state index contributed by atoms with van der Waals surface area (Å²) < 4.78 is 11.1. The number of hydrogen-bond donors (Lipinski definition) is 1. The van der Waals surface area contributed by atoms with Crippen LogP contribution in [0.25, 0.3) is 0 Å². The number of benzene rings is 1. The fraction of sp³-hybridized carbons (Fsp3) is 0.480. The lowest BCUT2D eigenvalue weighted by Gasteiger charge is -2.23. The lowest BCUT2D eigenvalue weighted by atomic mass is 9.87. The Morgan fingerprint density at radius 1 is 1.09 bits per heavy atom. The van der Waals surface area contributed by atoms with Crippen LogP contribution in [-0.2, 0) is 16.1 Å². The van der Waals surface area contributed by atoms with Crippen LogP contribution in [0.3, 0.4) is 0 Å². The zero-order valence-corrected chi connectivity index (χ0v) is 19.6. The van der Waals surface area contributed by atoms with Gasteiger partial charge < -0.3 is 19.7 Å². The molecule has 2 amide bonds. The van der Waals surface area contributed by atoms with Crippen LogP contribution in [0.5, 0.6) is 11.5 Å². The SMILES string of the molecule is COc1cccc([C@@H]2CN(C(=O)CC(C)(C)C)C[C@H]2C(=O)NCc2ccccn2)c1OC. The molecule has 1 saturated heterocycles. The van der Waals surface area contributed by atoms with E-state index in [9.17, 15) is 9.59 Å². The largest absolute Gasteiger partial charge is 0.493 e. The highest BCUT2D eigenvalue weighted by atomic mass is 16.5. The van der Waals surface area contributed by atoms with E-state index in [2.05, 4.69) is 10.3 Å². The molecular formula is C25H33N3O4. The molecule has 0 unspecified atom stereocenters. The Hall–Kier alpha value is -3.09. The molecule has 2 aromatic rings. The fourth-order valence-electron chi connectivity index (χ4n) is 4.17. The Bertz CT molecular complexity index is 940. The summed E-state index contributed by atoms with van der Waals surface area (Å²) in [5, 5.41) is 3.00. The van der Waals surface area contributed by atoms with E-state index >= 15 is 0 Å². The number of nitrogens with one attached hydrogen (secondary N) is 1. The molecule has 0 aliphatic carbocycles. The monoisotopic (exact) mass is 439 g/mol. The summed E-state index contributed by atoms with van der Waals surface area (Å²) in [6.07, 6.45) is 2.13. The van der Waals surface area contributed by atoms with E-state index in [1.165, 1.54) is 0 Å². The summed E-state index contributed by atoms with van der Waals surface area (Å²) in [4.78, 5) is 32.3. The van der Waals surface area contributed by atoms with Crippen molar-refractivity contribution < 1.29 is 19.1 Å². The Morgan fingerprint density at radius 3 is 2.50 bits per heavy atom. The van der Waals surface area contributed by atoms with Gasteiger partial charge >= 0.3 is 0 Å². The number of pyridine rings is 1. The Labute approximate surface area is 190 Å². The maximum Gasteiger partial charge on any atom is 0.225 e. The van der Waals surface area contributed by atoms with Gasteiger partial charge in [-0.1, -0.05) is 39.0 Å². The first-order valence-corrected chi connectivity index (χ1v) is 10.9. The number of carbonyl (C=O) groups is 2. The topological polar surface area (TPSA) is 80.8 Å². The van der Waals surface area contributed by atoms with Crippen molar-refractivity contribution in [2.45, 2.75) is 39.7 Å². The minimum atomic E-state index is -0.399.